The first-order valence-electron chi connectivity index (χ1n) is 7.24. The van der Waals surface area contributed by atoms with E-state index in [-0.39, 0.29) is 5.91 Å². The number of aryl methyl sites for hydroxylation is 1. The maximum Gasteiger partial charge on any atom is 0.219 e. The Morgan fingerprint density at radius 3 is 2.42 bits per heavy atom. The molecule has 106 valence electrons. The van der Waals surface area contributed by atoms with Crippen LogP contribution in [0.2, 0.25) is 0 Å². The van der Waals surface area contributed by atoms with E-state index < -0.39 is 0 Å². The first-order valence-corrected chi connectivity index (χ1v) is 7.24. The number of carbonyl (C=O) groups excluding carboxylic acids is 1. The number of likely N-dealkylation sites (tertiary alicyclic amines) is 1. The lowest BCUT2D eigenvalue weighted by molar-refractivity contribution is -0.129. The summed E-state index contributed by atoms with van der Waals surface area (Å²) >= 11 is 0. The van der Waals surface area contributed by atoms with Crippen molar-refractivity contribution in [3.8, 4) is 0 Å². The lowest BCUT2D eigenvalue weighted by atomic mass is 10.0. The van der Waals surface area contributed by atoms with E-state index in [1.165, 1.54) is 11.3 Å². The molecule has 0 atom stereocenters. The summed E-state index contributed by atoms with van der Waals surface area (Å²) in [6.45, 7) is 9.50. The van der Waals surface area contributed by atoms with Crippen LogP contribution in [-0.4, -0.2) is 29.9 Å². The van der Waals surface area contributed by atoms with Crippen LogP contribution in [0.4, 0.5) is 5.69 Å². The van der Waals surface area contributed by atoms with Crippen LogP contribution in [0, 0.1) is 6.92 Å². The normalized spacial score (nSPS) is 15.5. The summed E-state index contributed by atoms with van der Waals surface area (Å²) in [5.41, 5.74) is 2.46. The molecule has 19 heavy (non-hydrogen) atoms. The number of benzene rings is 1. The van der Waals surface area contributed by atoms with Crippen LogP contribution in [0.3, 0.4) is 0 Å². The van der Waals surface area contributed by atoms with Gasteiger partial charge in [0, 0.05) is 31.7 Å². The van der Waals surface area contributed by atoms with Gasteiger partial charge in [-0.05, 0) is 37.5 Å². The molecule has 1 aromatic rings. The number of amides is 1. The summed E-state index contributed by atoms with van der Waals surface area (Å²) in [7, 11) is 0. The van der Waals surface area contributed by atoms with Crippen molar-refractivity contribution in [2.75, 3.05) is 18.4 Å². The first kappa shape index (κ1) is 15.5. The van der Waals surface area contributed by atoms with Crippen LogP contribution in [0.5, 0.6) is 0 Å². The number of anilines is 1. The van der Waals surface area contributed by atoms with Gasteiger partial charge in [0.15, 0.2) is 0 Å². The Morgan fingerprint density at radius 2 is 1.89 bits per heavy atom. The molecule has 0 radical (unpaired) electrons. The number of carbonyl (C=O) groups is 1. The molecule has 1 aliphatic heterocycles. The van der Waals surface area contributed by atoms with E-state index in [1.54, 1.807) is 6.92 Å². The van der Waals surface area contributed by atoms with Gasteiger partial charge >= 0.3 is 0 Å². The molecule has 0 spiro atoms. The molecular weight excluding hydrogens is 236 g/mol. The third kappa shape index (κ3) is 4.93. The molecule has 3 heteroatoms. The number of hydrogen-bond acceptors (Lipinski definition) is 2. The lowest BCUT2D eigenvalue weighted by Gasteiger charge is -2.32. The maximum atomic E-state index is 11.2. The number of nitrogens with one attached hydrogen (secondary N) is 1. The van der Waals surface area contributed by atoms with Crippen LogP contribution < -0.4 is 5.32 Å². The van der Waals surface area contributed by atoms with Crippen molar-refractivity contribution in [2.24, 2.45) is 0 Å². The third-order valence-electron chi connectivity index (χ3n) is 3.33. The van der Waals surface area contributed by atoms with E-state index in [4.69, 9.17) is 0 Å². The van der Waals surface area contributed by atoms with Gasteiger partial charge in [0.25, 0.3) is 0 Å². The standard InChI is InChI=1S/C14H20N2O.C2H6/c1-11-4-3-5-14(10-11)15-13-6-8-16(9-7-13)12(2)17;1-2/h3-5,10,13,15H,6-9H2,1-2H3;1-2H3. The van der Waals surface area contributed by atoms with Crippen molar-refractivity contribution >= 4 is 11.6 Å². The Hall–Kier alpha value is -1.51. The molecule has 1 N–H and O–H groups in total. The largest absolute Gasteiger partial charge is 0.382 e. The zero-order chi connectivity index (χ0) is 14.3. The first-order chi connectivity index (χ1) is 9.15. The summed E-state index contributed by atoms with van der Waals surface area (Å²) in [6, 6.07) is 8.93. The Labute approximate surface area is 117 Å². The third-order valence-corrected chi connectivity index (χ3v) is 3.33. The van der Waals surface area contributed by atoms with Gasteiger partial charge in [-0.3, -0.25) is 4.79 Å². The van der Waals surface area contributed by atoms with Crippen LogP contribution >= 0.6 is 0 Å². The molecule has 1 saturated heterocycles. The molecule has 3 nitrogen and oxygen atoms in total. The van der Waals surface area contributed by atoms with Gasteiger partial charge in [-0.1, -0.05) is 26.0 Å². The fourth-order valence-electron chi connectivity index (χ4n) is 2.31. The molecule has 1 aromatic carbocycles. The van der Waals surface area contributed by atoms with E-state index in [0.29, 0.717) is 6.04 Å². The van der Waals surface area contributed by atoms with E-state index in [0.717, 1.165) is 25.9 Å². The Balaban J connectivity index is 0.000000861. The lowest BCUT2D eigenvalue weighted by Crippen LogP contribution is -2.41. The van der Waals surface area contributed by atoms with E-state index in [1.807, 2.05) is 18.7 Å². The van der Waals surface area contributed by atoms with Gasteiger partial charge in [-0.25, -0.2) is 0 Å². The van der Waals surface area contributed by atoms with Crippen LogP contribution in [-0.2, 0) is 4.79 Å². The zero-order valence-corrected chi connectivity index (χ0v) is 12.6. The highest BCUT2D eigenvalue weighted by atomic mass is 16.2. The number of hydrogen-bond donors (Lipinski definition) is 1. The molecule has 1 amide bonds. The van der Waals surface area contributed by atoms with E-state index in [9.17, 15) is 4.79 Å². The Bertz CT molecular complexity index is 395. The average Bonchev–Trinajstić information content (AvgIpc) is 2.41. The number of rotatable bonds is 2. The van der Waals surface area contributed by atoms with Crippen molar-refractivity contribution < 1.29 is 4.79 Å². The van der Waals surface area contributed by atoms with E-state index >= 15 is 0 Å². The second kappa shape index (κ2) is 7.82. The minimum Gasteiger partial charge on any atom is -0.382 e. The minimum atomic E-state index is 0.194. The van der Waals surface area contributed by atoms with Crippen molar-refractivity contribution in [3.05, 3.63) is 29.8 Å². The topological polar surface area (TPSA) is 32.3 Å². The average molecular weight is 262 g/mol. The van der Waals surface area contributed by atoms with Crippen LogP contribution in [0.1, 0.15) is 39.2 Å². The monoisotopic (exact) mass is 262 g/mol. The molecule has 0 aromatic heterocycles. The van der Waals surface area contributed by atoms with Gasteiger partial charge in [-0.15, -0.1) is 0 Å². The van der Waals surface area contributed by atoms with Crippen molar-refractivity contribution in [3.63, 3.8) is 0 Å². The van der Waals surface area contributed by atoms with E-state index in [2.05, 4.69) is 36.5 Å². The van der Waals surface area contributed by atoms with Gasteiger partial charge < -0.3 is 10.2 Å². The fraction of sp³-hybridized carbons (Fsp3) is 0.562. The number of nitrogens with zero attached hydrogens (tertiary/aromatic N) is 1. The molecule has 1 heterocycles. The summed E-state index contributed by atoms with van der Waals surface area (Å²) in [5.74, 6) is 0.194. The molecule has 0 unspecified atom stereocenters. The second-order valence-corrected chi connectivity index (χ2v) is 4.79. The summed E-state index contributed by atoms with van der Waals surface area (Å²) in [6.07, 6.45) is 2.07. The SMILES string of the molecule is CC.CC(=O)N1CCC(Nc2cccc(C)c2)CC1. The van der Waals surface area contributed by atoms with Crippen LogP contribution in [0.15, 0.2) is 24.3 Å². The Morgan fingerprint density at radius 1 is 1.26 bits per heavy atom. The van der Waals surface area contributed by atoms with Gasteiger partial charge in [0.1, 0.15) is 0 Å². The molecule has 0 saturated carbocycles. The fourth-order valence-corrected chi connectivity index (χ4v) is 2.31. The predicted octanol–water partition coefficient (Wildman–Crippen LogP) is 3.44. The quantitative estimate of drug-likeness (QED) is 0.885. The highest BCUT2D eigenvalue weighted by Gasteiger charge is 2.20. The zero-order valence-electron chi connectivity index (χ0n) is 12.6. The molecule has 1 aliphatic rings. The van der Waals surface area contributed by atoms with Gasteiger partial charge in [0.2, 0.25) is 5.91 Å². The molecule has 2 rings (SSSR count). The molecule has 0 bridgehead atoms. The maximum absolute atomic E-state index is 11.2. The minimum absolute atomic E-state index is 0.194. The highest BCUT2D eigenvalue weighted by Crippen LogP contribution is 2.17. The summed E-state index contributed by atoms with van der Waals surface area (Å²) in [4.78, 5) is 13.1. The van der Waals surface area contributed by atoms with Gasteiger partial charge in [0.05, 0.1) is 0 Å². The number of piperidine rings is 1. The van der Waals surface area contributed by atoms with Crippen molar-refractivity contribution in [2.45, 2.75) is 46.6 Å². The summed E-state index contributed by atoms with van der Waals surface area (Å²) in [5, 5.41) is 3.54. The molecule has 0 aliphatic carbocycles. The van der Waals surface area contributed by atoms with Crippen molar-refractivity contribution in [1.29, 1.82) is 0 Å². The van der Waals surface area contributed by atoms with Crippen LogP contribution in [0.25, 0.3) is 0 Å². The molecule has 1 fully saturated rings. The highest BCUT2D eigenvalue weighted by molar-refractivity contribution is 5.73. The summed E-state index contributed by atoms with van der Waals surface area (Å²) < 4.78 is 0. The predicted molar refractivity (Wildman–Crippen MR) is 81.4 cm³/mol. The smallest absolute Gasteiger partial charge is 0.219 e. The molecular formula is C16H26N2O. The van der Waals surface area contributed by atoms with Crippen molar-refractivity contribution in [1.82, 2.24) is 4.90 Å². The van der Waals surface area contributed by atoms with Gasteiger partial charge in [-0.2, -0.15) is 0 Å². The second-order valence-electron chi connectivity index (χ2n) is 4.79. The Kier molecular flexibility index (Phi) is 6.40.